The lowest BCUT2D eigenvalue weighted by atomic mass is 9.79. The lowest BCUT2D eigenvalue weighted by Crippen LogP contribution is -2.40. The Morgan fingerprint density at radius 1 is 0.822 bits per heavy atom. The largest absolute Gasteiger partial charge is 0.352 e. The molecule has 45 heavy (non-hydrogen) atoms. The molecule has 0 radical (unpaired) electrons. The Labute approximate surface area is 270 Å². The van der Waals surface area contributed by atoms with E-state index >= 15 is 0 Å². The minimum atomic E-state index is 0.0702. The van der Waals surface area contributed by atoms with Gasteiger partial charge in [-0.1, -0.05) is 97.1 Å². The number of amides is 1. The van der Waals surface area contributed by atoms with Crippen LogP contribution in [0.5, 0.6) is 0 Å². The van der Waals surface area contributed by atoms with E-state index < -0.39 is 0 Å². The van der Waals surface area contributed by atoms with E-state index in [1.807, 2.05) is 6.07 Å². The predicted molar refractivity (Wildman–Crippen MR) is 184 cm³/mol. The summed E-state index contributed by atoms with van der Waals surface area (Å²) in [4.78, 5) is 18.5. The zero-order valence-electron chi connectivity index (χ0n) is 26.7. The van der Waals surface area contributed by atoms with Crippen molar-refractivity contribution in [3.05, 3.63) is 131 Å². The van der Waals surface area contributed by atoms with Gasteiger partial charge in [0.1, 0.15) is 0 Å². The van der Waals surface area contributed by atoms with Crippen molar-refractivity contribution >= 4 is 5.91 Å². The van der Waals surface area contributed by atoms with Crippen LogP contribution < -0.4 is 5.32 Å². The normalized spacial score (nSPS) is 27.1. The summed E-state index contributed by atoms with van der Waals surface area (Å²) in [6, 6.07) is 30.4. The maximum Gasteiger partial charge on any atom is 0.251 e. The van der Waals surface area contributed by atoms with E-state index in [-0.39, 0.29) is 5.91 Å². The van der Waals surface area contributed by atoms with Gasteiger partial charge in [0.15, 0.2) is 0 Å². The number of fused-ring (bicyclic) bond motifs is 1. The van der Waals surface area contributed by atoms with E-state index in [0.29, 0.717) is 29.1 Å². The second-order valence-corrected chi connectivity index (χ2v) is 14.2. The van der Waals surface area contributed by atoms with Crippen LogP contribution in [-0.2, 0) is 13.0 Å². The number of rotatable bonds is 11. The average Bonchev–Trinajstić information content (AvgIpc) is 3.83. The van der Waals surface area contributed by atoms with Crippen molar-refractivity contribution in [1.82, 2.24) is 15.1 Å². The van der Waals surface area contributed by atoms with Gasteiger partial charge in [-0.05, 0) is 98.2 Å². The molecule has 5 unspecified atom stereocenters. The highest BCUT2D eigenvalue weighted by atomic mass is 16.1. The van der Waals surface area contributed by atoms with Crippen molar-refractivity contribution in [2.24, 2.45) is 23.2 Å². The van der Waals surface area contributed by atoms with Crippen molar-refractivity contribution in [2.45, 2.75) is 51.0 Å². The molecule has 4 aliphatic rings. The number of hydrogen-bond donors (Lipinski definition) is 1. The fourth-order valence-electron chi connectivity index (χ4n) is 8.54. The molecule has 3 fully saturated rings. The molecule has 3 aromatic carbocycles. The summed E-state index contributed by atoms with van der Waals surface area (Å²) in [5, 5.41) is 3.28. The summed E-state index contributed by atoms with van der Waals surface area (Å²) in [5.41, 5.74) is 5.24. The summed E-state index contributed by atoms with van der Waals surface area (Å²) in [5.74, 6) is 2.42. The number of likely N-dealkylation sites (tertiary alicyclic amines) is 2. The van der Waals surface area contributed by atoms with Crippen molar-refractivity contribution < 1.29 is 4.79 Å². The number of benzene rings is 3. The fraction of sp³-hybridized carbons (Fsp3) is 0.439. The first-order valence-corrected chi connectivity index (χ1v) is 17.4. The van der Waals surface area contributed by atoms with E-state index in [4.69, 9.17) is 0 Å². The third-order valence-corrected chi connectivity index (χ3v) is 11.0. The summed E-state index contributed by atoms with van der Waals surface area (Å²) >= 11 is 0. The molecular weight excluding hydrogens is 550 g/mol. The Morgan fingerprint density at radius 2 is 1.56 bits per heavy atom. The minimum Gasteiger partial charge on any atom is -0.352 e. The van der Waals surface area contributed by atoms with Crippen LogP contribution in [0.1, 0.15) is 65.1 Å². The van der Waals surface area contributed by atoms with Crippen LogP contribution in [0.15, 0.2) is 109 Å². The number of allylic oxidation sites excluding steroid dienone is 4. The Hall–Kier alpha value is -3.47. The second kappa shape index (κ2) is 13.9. The van der Waals surface area contributed by atoms with E-state index in [0.717, 1.165) is 51.3 Å². The van der Waals surface area contributed by atoms with E-state index in [1.165, 1.54) is 55.3 Å². The van der Waals surface area contributed by atoms with Crippen LogP contribution in [0.25, 0.3) is 0 Å². The van der Waals surface area contributed by atoms with Gasteiger partial charge in [-0.15, -0.1) is 0 Å². The zero-order chi connectivity index (χ0) is 30.5. The molecule has 7 rings (SSSR count). The van der Waals surface area contributed by atoms with Crippen LogP contribution in [0, 0.1) is 23.2 Å². The summed E-state index contributed by atoms with van der Waals surface area (Å²) < 4.78 is 0. The van der Waals surface area contributed by atoms with Gasteiger partial charge in [0, 0.05) is 49.6 Å². The quantitative estimate of drug-likeness (QED) is 0.248. The summed E-state index contributed by atoms with van der Waals surface area (Å²) in [6.07, 6.45) is 16.7. The molecule has 2 aliphatic carbocycles. The minimum absolute atomic E-state index is 0.0702. The number of carbonyl (C=O) groups is 1. The third kappa shape index (κ3) is 7.34. The zero-order valence-corrected chi connectivity index (χ0v) is 26.7. The van der Waals surface area contributed by atoms with Gasteiger partial charge in [-0.25, -0.2) is 0 Å². The van der Waals surface area contributed by atoms with E-state index in [9.17, 15) is 4.79 Å². The molecule has 4 heteroatoms. The number of nitrogens with one attached hydrogen (secondary N) is 1. The molecule has 2 saturated heterocycles. The van der Waals surface area contributed by atoms with Crippen LogP contribution >= 0.6 is 0 Å². The molecule has 0 bridgehead atoms. The van der Waals surface area contributed by atoms with Gasteiger partial charge in [0.05, 0.1) is 0 Å². The molecule has 0 aromatic heterocycles. The van der Waals surface area contributed by atoms with Gasteiger partial charge >= 0.3 is 0 Å². The SMILES string of the molecule is O=C(NCC1CCCN(Cc2ccccc2)C1)c1cccc(CC2CCCN(CC(c3ccccc3)C34C=CC=CC3C4)C2)c1. The Kier molecular flexibility index (Phi) is 9.32. The first-order valence-electron chi connectivity index (χ1n) is 17.4. The van der Waals surface area contributed by atoms with Crippen LogP contribution in [0.2, 0.25) is 0 Å². The molecule has 4 nitrogen and oxygen atoms in total. The average molecular weight is 600 g/mol. The highest BCUT2D eigenvalue weighted by Gasteiger charge is 2.56. The van der Waals surface area contributed by atoms with Crippen molar-refractivity contribution in [2.75, 3.05) is 39.3 Å². The fourth-order valence-corrected chi connectivity index (χ4v) is 8.54. The molecule has 5 atom stereocenters. The van der Waals surface area contributed by atoms with Gasteiger partial charge < -0.3 is 10.2 Å². The first-order chi connectivity index (χ1) is 22.1. The van der Waals surface area contributed by atoms with Crippen molar-refractivity contribution in [3.8, 4) is 0 Å². The lowest BCUT2D eigenvalue weighted by molar-refractivity contribution is 0.0930. The van der Waals surface area contributed by atoms with Gasteiger partial charge in [-0.3, -0.25) is 9.69 Å². The Bertz CT molecular complexity index is 1480. The molecule has 1 N–H and O–H groups in total. The van der Waals surface area contributed by atoms with Crippen LogP contribution in [0.3, 0.4) is 0 Å². The maximum atomic E-state index is 13.3. The molecular formula is C41H49N3O. The molecule has 2 heterocycles. The number of hydrogen-bond acceptors (Lipinski definition) is 3. The maximum absolute atomic E-state index is 13.3. The van der Waals surface area contributed by atoms with E-state index in [1.54, 1.807) is 0 Å². The standard InChI is InChI=1S/C41H49N3O/c45-40(42-27-35-16-11-22-43(30-35)28-32-12-3-1-4-13-32)37-19-9-14-33(25-37)24-34-15-10-23-44(29-34)31-39(36-17-5-2-6-18-36)41-21-8-7-20-38(41)26-41/h1-9,12-14,17-21,25,34-35,38-39H,10-11,15-16,22-24,26-31H2,(H,42,45). The molecule has 3 aromatic rings. The summed E-state index contributed by atoms with van der Waals surface area (Å²) in [6.45, 7) is 7.39. The molecule has 2 aliphatic heterocycles. The predicted octanol–water partition coefficient (Wildman–Crippen LogP) is 7.50. The highest BCUT2D eigenvalue weighted by molar-refractivity contribution is 5.94. The van der Waals surface area contributed by atoms with Crippen molar-refractivity contribution in [1.29, 1.82) is 0 Å². The topological polar surface area (TPSA) is 35.6 Å². The molecule has 0 spiro atoms. The van der Waals surface area contributed by atoms with Crippen LogP contribution in [-0.4, -0.2) is 55.0 Å². The molecule has 234 valence electrons. The third-order valence-electron chi connectivity index (χ3n) is 11.0. The molecule has 1 amide bonds. The number of nitrogens with zero attached hydrogens (tertiary/aromatic N) is 2. The monoisotopic (exact) mass is 599 g/mol. The van der Waals surface area contributed by atoms with Gasteiger partial charge in [-0.2, -0.15) is 0 Å². The second-order valence-electron chi connectivity index (χ2n) is 14.2. The Balaban J connectivity index is 0.928. The van der Waals surface area contributed by atoms with E-state index in [2.05, 4.69) is 118 Å². The highest BCUT2D eigenvalue weighted by Crippen LogP contribution is 2.64. The number of piperidine rings is 2. The Morgan fingerprint density at radius 3 is 2.38 bits per heavy atom. The summed E-state index contributed by atoms with van der Waals surface area (Å²) in [7, 11) is 0. The number of carbonyl (C=O) groups excluding carboxylic acids is 1. The van der Waals surface area contributed by atoms with Gasteiger partial charge in [0.25, 0.3) is 5.91 Å². The molecule has 1 saturated carbocycles. The van der Waals surface area contributed by atoms with Crippen LogP contribution in [0.4, 0.5) is 0 Å². The lowest BCUT2D eigenvalue weighted by Gasteiger charge is -2.38. The first kappa shape index (κ1) is 30.2. The van der Waals surface area contributed by atoms with Gasteiger partial charge in [0.2, 0.25) is 0 Å². The van der Waals surface area contributed by atoms with Crippen molar-refractivity contribution in [3.63, 3.8) is 0 Å². The smallest absolute Gasteiger partial charge is 0.251 e.